The number of carbonyl (C=O) groups excluding carboxylic acids is 1. The second-order valence-corrected chi connectivity index (χ2v) is 6.14. The Morgan fingerprint density at radius 1 is 1.58 bits per heavy atom. The van der Waals surface area contributed by atoms with Crippen LogP contribution in [-0.4, -0.2) is 36.5 Å². The molecule has 1 fully saturated rings. The number of rotatable bonds is 6. The lowest BCUT2D eigenvalue weighted by atomic mass is 10.0. The van der Waals surface area contributed by atoms with Gasteiger partial charge in [0.25, 0.3) is 0 Å². The Kier molecular flexibility index (Phi) is 5.36. The molecule has 2 heterocycles. The van der Waals surface area contributed by atoms with Crippen molar-refractivity contribution in [1.82, 2.24) is 10.2 Å². The molecule has 106 valence electrons. The van der Waals surface area contributed by atoms with Crippen molar-refractivity contribution >= 4 is 17.2 Å². The Morgan fingerprint density at radius 2 is 2.32 bits per heavy atom. The Bertz CT molecular complexity index is 385. The van der Waals surface area contributed by atoms with E-state index >= 15 is 0 Å². The zero-order valence-electron chi connectivity index (χ0n) is 11.5. The molecule has 0 aliphatic carbocycles. The minimum absolute atomic E-state index is 0.226. The van der Waals surface area contributed by atoms with Gasteiger partial charge in [0, 0.05) is 30.1 Å². The first-order valence-corrected chi connectivity index (χ1v) is 7.87. The molecular weight excluding hydrogens is 258 g/mol. The highest BCUT2D eigenvalue weighted by atomic mass is 32.1. The number of nitrogens with two attached hydrogens (primary N) is 1. The third-order valence-electron chi connectivity index (χ3n) is 3.70. The van der Waals surface area contributed by atoms with Crippen LogP contribution in [0.4, 0.5) is 0 Å². The Morgan fingerprint density at radius 3 is 2.84 bits per heavy atom. The quantitative estimate of drug-likeness (QED) is 0.835. The number of amides is 1. The van der Waals surface area contributed by atoms with Crippen LogP contribution in [0.1, 0.15) is 37.1 Å². The Hall–Kier alpha value is -0.910. The summed E-state index contributed by atoms with van der Waals surface area (Å²) in [5.41, 5.74) is 5.23. The second-order valence-electron chi connectivity index (χ2n) is 5.16. The second kappa shape index (κ2) is 7.03. The Labute approximate surface area is 119 Å². The van der Waals surface area contributed by atoms with Crippen LogP contribution in [0, 0.1) is 0 Å². The molecule has 0 aromatic carbocycles. The van der Waals surface area contributed by atoms with E-state index in [-0.39, 0.29) is 5.91 Å². The predicted octanol–water partition coefficient (Wildman–Crippen LogP) is 1.74. The van der Waals surface area contributed by atoms with Crippen molar-refractivity contribution in [2.45, 2.75) is 38.3 Å². The third-order valence-corrected chi connectivity index (χ3v) is 4.68. The first-order valence-electron chi connectivity index (χ1n) is 6.99. The first kappa shape index (κ1) is 14.5. The van der Waals surface area contributed by atoms with Gasteiger partial charge in [0.2, 0.25) is 5.91 Å². The smallest absolute Gasteiger partial charge is 0.231 e. The highest BCUT2D eigenvalue weighted by molar-refractivity contribution is 7.10. The average molecular weight is 281 g/mol. The molecule has 1 unspecified atom stereocenters. The minimum atomic E-state index is -0.226. The summed E-state index contributed by atoms with van der Waals surface area (Å²) in [4.78, 5) is 14.5. The van der Waals surface area contributed by atoms with Crippen molar-refractivity contribution < 1.29 is 4.79 Å². The van der Waals surface area contributed by atoms with Crippen molar-refractivity contribution in [2.75, 3.05) is 19.6 Å². The van der Waals surface area contributed by atoms with Crippen LogP contribution in [0.25, 0.3) is 0 Å². The van der Waals surface area contributed by atoms with Gasteiger partial charge in [0.15, 0.2) is 0 Å². The van der Waals surface area contributed by atoms with Gasteiger partial charge < -0.3 is 11.1 Å². The number of hydrogen-bond acceptors (Lipinski definition) is 4. The van der Waals surface area contributed by atoms with Crippen LogP contribution in [0.2, 0.25) is 0 Å². The van der Waals surface area contributed by atoms with Crippen molar-refractivity contribution in [1.29, 1.82) is 0 Å². The molecule has 1 aliphatic heterocycles. The number of nitrogens with zero attached hydrogens (tertiary/aromatic N) is 1. The van der Waals surface area contributed by atoms with Gasteiger partial charge in [-0.25, -0.2) is 0 Å². The molecule has 0 bridgehead atoms. The molecule has 5 heteroatoms. The molecule has 2 rings (SSSR count). The van der Waals surface area contributed by atoms with Gasteiger partial charge in [-0.1, -0.05) is 13.0 Å². The average Bonchev–Trinajstić information content (AvgIpc) is 2.91. The Balaban J connectivity index is 1.80. The normalized spacial score (nSPS) is 19.4. The van der Waals surface area contributed by atoms with Crippen LogP contribution in [0.3, 0.4) is 0 Å². The van der Waals surface area contributed by atoms with E-state index in [0.717, 1.165) is 32.4 Å². The van der Waals surface area contributed by atoms with E-state index in [4.69, 9.17) is 5.73 Å². The molecule has 19 heavy (non-hydrogen) atoms. The van der Waals surface area contributed by atoms with Crippen molar-refractivity contribution in [2.24, 2.45) is 5.73 Å². The number of piperidine rings is 1. The highest BCUT2D eigenvalue weighted by Crippen LogP contribution is 2.24. The molecular formula is C14H23N3OS. The lowest BCUT2D eigenvalue weighted by Crippen LogP contribution is -2.45. The largest absolute Gasteiger partial charge is 0.369 e. The topological polar surface area (TPSA) is 58.4 Å². The van der Waals surface area contributed by atoms with Gasteiger partial charge in [-0.05, 0) is 30.7 Å². The molecule has 1 aromatic rings. The number of primary amides is 1. The summed E-state index contributed by atoms with van der Waals surface area (Å²) in [5.74, 6) is -0.226. The molecule has 0 saturated carbocycles. The molecule has 0 radical (unpaired) electrons. The van der Waals surface area contributed by atoms with E-state index in [9.17, 15) is 4.79 Å². The molecule has 1 aromatic heterocycles. The SMILES string of the molecule is CCC(NC1CCN(CC(N)=O)CC1)c1cccs1. The van der Waals surface area contributed by atoms with E-state index in [1.807, 2.05) is 11.3 Å². The van der Waals surface area contributed by atoms with E-state index < -0.39 is 0 Å². The third kappa shape index (κ3) is 4.30. The fraction of sp³-hybridized carbons (Fsp3) is 0.643. The molecule has 3 N–H and O–H groups in total. The summed E-state index contributed by atoms with van der Waals surface area (Å²) in [6.07, 6.45) is 3.30. The number of hydrogen-bond donors (Lipinski definition) is 2. The van der Waals surface area contributed by atoms with Crippen LogP contribution in [-0.2, 0) is 4.79 Å². The predicted molar refractivity (Wildman–Crippen MR) is 79.1 cm³/mol. The maximum Gasteiger partial charge on any atom is 0.231 e. The summed E-state index contributed by atoms with van der Waals surface area (Å²) in [6, 6.07) is 5.33. The van der Waals surface area contributed by atoms with E-state index in [0.29, 0.717) is 18.6 Å². The van der Waals surface area contributed by atoms with Gasteiger partial charge in [-0.2, -0.15) is 0 Å². The fourth-order valence-electron chi connectivity index (χ4n) is 2.65. The molecule has 4 nitrogen and oxygen atoms in total. The molecule has 1 amide bonds. The van der Waals surface area contributed by atoms with Gasteiger partial charge >= 0.3 is 0 Å². The zero-order chi connectivity index (χ0) is 13.7. The number of thiophene rings is 1. The van der Waals surface area contributed by atoms with E-state index in [1.165, 1.54) is 4.88 Å². The lowest BCUT2D eigenvalue weighted by molar-refractivity contribution is -0.119. The molecule has 1 saturated heterocycles. The fourth-order valence-corrected chi connectivity index (χ4v) is 3.52. The van der Waals surface area contributed by atoms with E-state index in [1.54, 1.807) is 0 Å². The van der Waals surface area contributed by atoms with Gasteiger partial charge in [0.05, 0.1) is 6.54 Å². The summed E-state index contributed by atoms with van der Waals surface area (Å²) >= 11 is 1.82. The van der Waals surface area contributed by atoms with Crippen LogP contribution < -0.4 is 11.1 Å². The van der Waals surface area contributed by atoms with Crippen molar-refractivity contribution in [3.8, 4) is 0 Å². The van der Waals surface area contributed by atoms with Crippen LogP contribution in [0.5, 0.6) is 0 Å². The maximum absolute atomic E-state index is 10.9. The minimum Gasteiger partial charge on any atom is -0.369 e. The zero-order valence-corrected chi connectivity index (χ0v) is 12.3. The summed E-state index contributed by atoms with van der Waals surface area (Å²) < 4.78 is 0. The van der Waals surface area contributed by atoms with E-state index in [2.05, 4.69) is 34.7 Å². The van der Waals surface area contributed by atoms with Crippen LogP contribution in [0.15, 0.2) is 17.5 Å². The van der Waals surface area contributed by atoms with Gasteiger partial charge in [-0.3, -0.25) is 9.69 Å². The number of carbonyl (C=O) groups is 1. The van der Waals surface area contributed by atoms with Gasteiger partial charge in [0.1, 0.15) is 0 Å². The number of likely N-dealkylation sites (tertiary alicyclic amines) is 1. The van der Waals surface area contributed by atoms with Crippen molar-refractivity contribution in [3.63, 3.8) is 0 Å². The molecule has 1 atom stereocenters. The number of nitrogens with one attached hydrogen (secondary N) is 1. The summed E-state index contributed by atoms with van der Waals surface area (Å²) in [5, 5.41) is 5.88. The summed E-state index contributed by atoms with van der Waals surface area (Å²) in [6.45, 7) is 4.54. The van der Waals surface area contributed by atoms with Crippen molar-refractivity contribution in [3.05, 3.63) is 22.4 Å². The monoisotopic (exact) mass is 281 g/mol. The maximum atomic E-state index is 10.9. The van der Waals surface area contributed by atoms with Crippen LogP contribution >= 0.6 is 11.3 Å². The molecule has 0 spiro atoms. The first-order chi connectivity index (χ1) is 9.19. The standard InChI is InChI=1S/C14H23N3OS/c1-2-12(13-4-3-9-19-13)16-11-5-7-17(8-6-11)10-14(15)18/h3-4,9,11-12,16H,2,5-8,10H2,1H3,(H2,15,18). The summed E-state index contributed by atoms with van der Waals surface area (Å²) in [7, 11) is 0. The highest BCUT2D eigenvalue weighted by Gasteiger charge is 2.22. The van der Waals surface area contributed by atoms with Gasteiger partial charge in [-0.15, -0.1) is 11.3 Å². The lowest BCUT2D eigenvalue weighted by Gasteiger charge is -2.33. The molecule has 1 aliphatic rings.